The summed E-state index contributed by atoms with van der Waals surface area (Å²) < 4.78 is 107. The van der Waals surface area contributed by atoms with Gasteiger partial charge < -0.3 is 45.3 Å². The molecule has 15 rings (SSSR count). The fourth-order valence-corrected chi connectivity index (χ4v) is 20.6. The molecule has 12 heterocycles. The number of pyridine rings is 9. The number of piperazine rings is 3. The first-order valence-corrected chi connectivity index (χ1v) is 46.8. The van der Waals surface area contributed by atoms with Crippen molar-refractivity contribution in [3.63, 3.8) is 0 Å². The number of anilines is 4. The zero-order chi connectivity index (χ0) is 104. The molecule has 3 fully saturated rings. The number of nitriles is 3. The van der Waals surface area contributed by atoms with Crippen molar-refractivity contribution in [1.29, 1.82) is 15.8 Å². The van der Waals surface area contributed by atoms with Gasteiger partial charge in [0, 0.05) is 110 Å². The van der Waals surface area contributed by atoms with Crippen molar-refractivity contribution in [2.24, 2.45) is 0 Å². The number of benzene rings is 3. The van der Waals surface area contributed by atoms with E-state index in [1.54, 1.807) is 77.2 Å². The van der Waals surface area contributed by atoms with Crippen LogP contribution in [-0.4, -0.2) is 162 Å². The molecule has 4 N–H and O–H groups in total. The van der Waals surface area contributed by atoms with Crippen molar-refractivity contribution >= 4 is 166 Å². The van der Waals surface area contributed by atoms with Crippen molar-refractivity contribution in [2.75, 3.05) is 59.7 Å². The van der Waals surface area contributed by atoms with Crippen molar-refractivity contribution < 1.29 is 55.3 Å². The molecule has 0 radical (unpaired) electrons. The van der Waals surface area contributed by atoms with Gasteiger partial charge in [0.1, 0.15) is 84.1 Å². The highest BCUT2D eigenvalue weighted by Gasteiger charge is 2.42. The molecule has 141 heavy (non-hydrogen) atoms. The van der Waals surface area contributed by atoms with Gasteiger partial charge in [-0.25, -0.2) is 45.7 Å². The molecule has 3 amide bonds. The van der Waals surface area contributed by atoms with E-state index in [4.69, 9.17) is 98.5 Å². The van der Waals surface area contributed by atoms with Gasteiger partial charge in [0.2, 0.25) is 17.7 Å². The Morgan fingerprint density at radius 2 is 0.652 bits per heavy atom. The number of amides is 3. The van der Waals surface area contributed by atoms with Gasteiger partial charge in [-0.15, -0.1) is 0 Å². The van der Waals surface area contributed by atoms with Crippen LogP contribution >= 0.6 is 92.8 Å². The zero-order valence-electron chi connectivity index (χ0n) is 78.1. The minimum Gasteiger partial charge on any atom is -0.506 e. The normalized spacial score (nSPS) is 16.6. The zero-order valence-corrected chi connectivity index (χ0v) is 84.2. The molecule has 0 unspecified atom stereocenters. The summed E-state index contributed by atoms with van der Waals surface area (Å²) in [4.78, 5) is 119. The number of carbonyl (C=O) groups is 3. The van der Waals surface area contributed by atoms with Gasteiger partial charge in [0.05, 0.1) is 110 Å². The predicted molar refractivity (Wildman–Crippen MR) is 534 cm³/mol. The molecule has 3 aromatic carbocycles. The first kappa shape index (κ1) is 105. The van der Waals surface area contributed by atoms with E-state index in [-0.39, 0.29) is 204 Å². The van der Waals surface area contributed by atoms with Crippen molar-refractivity contribution in [1.82, 2.24) is 58.3 Å². The van der Waals surface area contributed by atoms with Crippen molar-refractivity contribution in [2.45, 2.75) is 158 Å². The van der Waals surface area contributed by atoms with Crippen LogP contribution in [0.2, 0.25) is 40.2 Å². The minimum atomic E-state index is -1.56. The van der Waals surface area contributed by atoms with E-state index in [2.05, 4.69) is 67.8 Å². The van der Waals surface area contributed by atoms with E-state index in [0.717, 1.165) is 0 Å². The maximum Gasteiger partial charge on any atom is 0.276 e. The molecular formula is C99H88Cl8F7N19O8. The summed E-state index contributed by atoms with van der Waals surface area (Å²) >= 11 is 50.3. The number of nitrogens with two attached hydrogens (primary N) is 1. The molecule has 732 valence electrons. The van der Waals surface area contributed by atoms with Crippen LogP contribution in [0.3, 0.4) is 0 Å². The summed E-state index contributed by atoms with van der Waals surface area (Å²) in [5, 5.41) is 48.7. The molecule has 42 heteroatoms. The van der Waals surface area contributed by atoms with E-state index < -0.39 is 122 Å². The van der Waals surface area contributed by atoms with Gasteiger partial charge in [-0.2, -0.15) is 15.8 Å². The van der Waals surface area contributed by atoms with Gasteiger partial charge in [-0.05, 0) is 151 Å². The molecule has 0 bridgehead atoms. The summed E-state index contributed by atoms with van der Waals surface area (Å²) in [5.41, 5.74) is 3.67. The lowest BCUT2D eigenvalue weighted by molar-refractivity contribution is -0.131. The van der Waals surface area contributed by atoms with Crippen LogP contribution in [0.4, 0.5) is 53.5 Å². The second-order valence-corrected chi connectivity index (χ2v) is 38.3. The average Bonchev–Trinajstić information content (AvgIpc) is 0.725. The quantitative estimate of drug-likeness (QED) is 0.0282. The highest BCUT2D eigenvalue weighted by Crippen LogP contribution is 2.52. The van der Waals surface area contributed by atoms with Crippen LogP contribution in [0.1, 0.15) is 151 Å². The van der Waals surface area contributed by atoms with Crippen molar-refractivity contribution in [3.05, 3.63) is 255 Å². The number of nitrogen functional groups attached to an aromatic ring is 1. The van der Waals surface area contributed by atoms with Crippen LogP contribution < -0.4 is 37.1 Å². The Bertz CT molecular complexity index is 6870. The molecule has 12 aromatic rings. The molecule has 3 aliphatic heterocycles. The highest BCUT2D eigenvalue weighted by molar-refractivity contribution is 6.41. The Morgan fingerprint density at radius 1 is 0.404 bits per heavy atom. The smallest absolute Gasteiger partial charge is 0.276 e. The van der Waals surface area contributed by atoms with E-state index >= 15 is 8.78 Å². The van der Waals surface area contributed by atoms with Gasteiger partial charge in [-0.3, -0.25) is 57.4 Å². The number of aryl methyl sites for hydroxylation is 3. The number of hydrogen-bond donors (Lipinski definition) is 3. The third kappa shape index (κ3) is 18.3. The van der Waals surface area contributed by atoms with Crippen LogP contribution in [0.5, 0.6) is 11.5 Å². The molecule has 3 aliphatic rings. The number of phenols is 2. The topological polar surface area (TPSA) is 352 Å². The Balaban J connectivity index is 0.000000178. The first-order chi connectivity index (χ1) is 66.5. The lowest BCUT2D eigenvalue weighted by Crippen LogP contribution is -2.58. The standard InChI is InChI=1S/2C33H29Cl3F2N6O3.C33H30Cl2F3N7O2/c2*1-7-21(45)43-16(5)12-42(13-17(43)6)30-18-10-20(34)28(22-23(35)25(37)26(38)24(36)31(22)46)41-32(18)44(33(47)19(30)11-39)29-15(4)8-9-40-27(29)14(2)3;1-7-21(46)44-16(5)12-43(13-17(44)6)31-18-10-20(34)29(22-24(36)23(35)26(38)27(40)25(22)37)42-32(18)45(33(47)19(31)11-39)30-15(4)8-9-41-28(30)14(2)3/h2*7-10,14,16-17,46H,1,12-13H2,2-6H3;7-10,14,16-17H,1,12-13,40H2,2-6H3/t3*16-,17+. The molecule has 0 saturated carbocycles. The summed E-state index contributed by atoms with van der Waals surface area (Å²) in [6.07, 6.45) is 8.48. The number of carbonyl (C=O) groups excluding carboxylic acids is 3. The third-order valence-corrected chi connectivity index (χ3v) is 27.4. The van der Waals surface area contributed by atoms with Gasteiger partial charge in [-0.1, -0.05) is 154 Å². The van der Waals surface area contributed by atoms with Crippen molar-refractivity contribution in [3.8, 4) is 80.5 Å². The van der Waals surface area contributed by atoms with Crippen LogP contribution in [0.15, 0.2) is 107 Å². The van der Waals surface area contributed by atoms with Gasteiger partial charge in [0.25, 0.3) is 16.7 Å². The number of fused-ring (bicyclic) bond motifs is 3. The Morgan fingerprint density at radius 3 is 0.894 bits per heavy atom. The average molecular weight is 2090 g/mol. The Labute approximate surface area is 843 Å². The number of rotatable bonds is 15. The largest absolute Gasteiger partial charge is 0.506 e. The first-order valence-electron chi connectivity index (χ1n) is 43.7. The maximum absolute atomic E-state index is 15.5. The van der Waals surface area contributed by atoms with E-state index in [1.807, 2.05) is 92.9 Å². The molecule has 27 nitrogen and oxygen atoms in total. The number of aromatic nitrogens is 9. The summed E-state index contributed by atoms with van der Waals surface area (Å²) in [7, 11) is 0. The maximum atomic E-state index is 15.5. The predicted octanol–water partition coefficient (Wildman–Crippen LogP) is 21.3. The molecule has 0 spiro atoms. The fourth-order valence-electron chi connectivity index (χ4n) is 18.8. The molecular weight excluding hydrogens is 2000 g/mol. The lowest BCUT2D eigenvalue weighted by atomic mass is 10.0. The molecule has 6 atom stereocenters. The minimum absolute atomic E-state index is 0.0253. The monoisotopic (exact) mass is 2080 g/mol. The van der Waals surface area contributed by atoms with Crippen LogP contribution in [0, 0.1) is 95.5 Å². The number of phenolic OH excluding ortho intramolecular Hbond substituents is 2. The number of halogens is 15. The highest BCUT2D eigenvalue weighted by atomic mass is 35.5. The molecule has 0 aliphatic carbocycles. The Hall–Kier alpha value is -13.1. The van der Waals surface area contributed by atoms with Crippen LogP contribution in [0.25, 0.3) is 83.9 Å². The molecule has 9 aromatic heterocycles. The SMILES string of the molecule is C=CC(=O)N1[C@H](C)CN(c2c(C#N)c(=O)n(-c3c(C)ccnc3C(C)C)c3nc(-c4c(F)c(N)c(F)c(Cl)c4F)c(Cl)cc23)C[C@@H]1C.C=CC(=O)N1[C@H](C)CN(c2c(C#N)c(=O)n(-c3c(C)ccnc3C(C)C)c3nc(-c4c(O)c(Cl)c(F)c(F)c4Cl)c(Cl)cc23)C[C@@H]1C.C=CC(=O)N1[C@H](C)CN(c2c(C#N)c(=O)n(-c3c(C)ccnc3C(C)C)c3nc(-c4c(O)c(Cl)c(F)c(F)c4Cl)c(Cl)cc23)C[C@@H]1C. The van der Waals surface area contributed by atoms with Gasteiger partial charge in [0.15, 0.2) is 40.7 Å². The van der Waals surface area contributed by atoms with E-state index in [9.17, 15) is 76.7 Å². The van der Waals surface area contributed by atoms with E-state index in [0.29, 0.717) is 50.8 Å². The fraction of sp³-hybridized carbons (Fsp3) is 0.303. The number of nitrogens with zero attached hydrogens (tertiary/aromatic N) is 18. The lowest BCUT2D eigenvalue weighted by Gasteiger charge is -2.45. The summed E-state index contributed by atoms with van der Waals surface area (Å²) in [6, 6.07) is 13.4. The summed E-state index contributed by atoms with van der Waals surface area (Å²) in [5.74, 6) is -13.8. The number of aromatic hydroxyl groups is 2. The third-order valence-electron chi connectivity index (χ3n) is 24.8. The molecule has 3 saturated heterocycles. The Kier molecular flexibility index (Phi) is 30.8. The van der Waals surface area contributed by atoms with E-state index in [1.165, 1.54) is 50.1 Å². The second kappa shape index (κ2) is 41.2. The summed E-state index contributed by atoms with van der Waals surface area (Å²) in [6.45, 7) is 39.8. The van der Waals surface area contributed by atoms with Gasteiger partial charge >= 0.3 is 0 Å². The second-order valence-electron chi connectivity index (χ2n) is 35.2. The number of hydrogen-bond acceptors (Lipinski definition) is 21. The van der Waals surface area contributed by atoms with Crippen LogP contribution in [-0.2, 0) is 14.4 Å².